The molecule has 1 unspecified atom stereocenters. The molecule has 2 aromatic carbocycles. The third-order valence-electron chi connectivity index (χ3n) is 3.38. The molecule has 112 valence electrons. The molecule has 4 heteroatoms. The van der Waals surface area contributed by atoms with E-state index in [-0.39, 0.29) is 16.0 Å². The molecule has 2 rings (SSSR count). The molecule has 0 nitrogen and oxygen atoms in total. The molecule has 0 spiro atoms. The van der Waals surface area contributed by atoms with Crippen molar-refractivity contribution < 1.29 is 8.78 Å². The molecule has 0 aromatic heterocycles. The molecule has 0 aliphatic rings. The molecule has 0 amide bonds. The maximum absolute atomic E-state index is 13.9. The van der Waals surface area contributed by atoms with E-state index in [1.807, 2.05) is 24.3 Å². The summed E-state index contributed by atoms with van der Waals surface area (Å²) in [5, 5.41) is -1.01. The fourth-order valence-corrected chi connectivity index (χ4v) is 2.53. The first-order valence-electron chi connectivity index (χ1n) is 6.59. The summed E-state index contributed by atoms with van der Waals surface area (Å²) < 4.78 is 27.4. The second-order valence-electron chi connectivity index (χ2n) is 6.02. The number of halogens is 4. The molecule has 0 fully saturated rings. The second kappa shape index (κ2) is 5.94. The highest BCUT2D eigenvalue weighted by Gasteiger charge is 2.19. The van der Waals surface area contributed by atoms with Crippen molar-refractivity contribution in [2.45, 2.75) is 31.6 Å². The number of alkyl halides is 1. The van der Waals surface area contributed by atoms with E-state index in [1.54, 1.807) is 0 Å². The van der Waals surface area contributed by atoms with Crippen LogP contribution in [0.2, 0.25) is 5.02 Å². The Hall–Kier alpha value is -1.12. The van der Waals surface area contributed by atoms with E-state index < -0.39 is 17.0 Å². The summed E-state index contributed by atoms with van der Waals surface area (Å²) >= 11 is 11.8. The van der Waals surface area contributed by atoms with Crippen LogP contribution in [0.1, 0.15) is 42.8 Å². The Balaban J connectivity index is 2.36. The predicted octanol–water partition coefficient (Wildman–Crippen LogP) is 6.24. The number of hydrogen-bond acceptors (Lipinski definition) is 0. The van der Waals surface area contributed by atoms with Crippen molar-refractivity contribution in [1.82, 2.24) is 0 Å². The van der Waals surface area contributed by atoms with Crippen LogP contribution in [0, 0.1) is 11.6 Å². The zero-order valence-electron chi connectivity index (χ0n) is 12.1. The van der Waals surface area contributed by atoms with Gasteiger partial charge in [-0.2, -0.15) is 0 Å². The maximum Gasteiger partial charge on any atom is 0.142 e. The molecule has 21 heavy (non-hydrogen) atoms. The summed E-state index contributed by atoms with van der Waals surface area (Å²) in [5.41, 5.74) is 1.98. The van der Waals surface area contributed by atoms with Gasteiger partial charge in [-0.15, -0.1) is 11.6 Å². The van der Waals surface area contributed by atoms with Crippen molar-refractivity contribution >= 4 is 23.2 Å². The van der Waals surface area contributed by atoms with Gasteiger partial charge in [-0.1, -0.05) is 56.6 Å². The normalized spacial score (nSPS) is 13.3. The standard InChI is InChI=1S/C17H16Cl2F2/c1-17(2,3)11-6-4-10(5-7-11)16(19)12-8-15(21)13(18)9-14(12)20/h4-9,16H,1-3H3. The number of benzene rings is 2. The van der Waals surface area contributed by atoms with Crippen LogP contribution in [-0.2, 0) is 5.41 Å². The average Bonchev–Trinajstić information content (AvgIpc) is 2.41. The van der Waals surface area contributed by atoms with Gasteiger partial charge in [-0.25, -0.2) is 8.78 Å². The van der Waals surface area contributed by atoms with Crippen LogP contribution in [0.5, 0.6) is 0 Å². The van der Waals surface area contributed by atoms with Crippen molar-refractivity contribution in [2.24, 2.45) is 0 Å². The molecule has 0 radical (unpaired) electrons. The molecule has 0 saturated heterocycles. The van der Waals surface area contributed by atoms with Crippen molar-refractivity contribution in [3.8, 4) is 0 Å². The third kappa shape index (κ3) is 3.56. The monoisotopic (exact) mass is 328 g/mol. The fraction of sp³-hybridized carbons (Fsp3) is 0.294. The Labute approximate surface area is 133 Å². The zero-order chi connectivity index (χ0) is 15.8. The lowest BCUT2D eigenvalue weighted by molar-refractivity contribution is 0.586. The van der Waals surface area contributed by atoms with Crippen molar-refractivity contribution in [3.63, 3.8) is 0 Å². The van der Waals surface area contributed by atoms with Crippen LogP contribution in [0.15, 0.2) is 36.4 Å². The molecular formula is C17H16Cl2F2. The Bertz CT molecular complexity index is 643. The largest absolute Gasteiger partial charge is 0.207 e. The average molecular weight is 329 g/mol. The zero-order valence-corrected chi connectivity index (χ0v) is 13.6. The summed E-state index contributed by atoms with van der Waals surface area (Å²) in [5.74, 6) is -1.29. The van der Waals surface area contributed by atoms with Crippen LogP contribution in [-0.4, -0.2) is 0 Å². The highest BCUT2D eigenvalue weighted by molar-refractivity contribution is 6.30. The van der Waals surface area contributed by atoms with Gasteiger partial charge in [0.1, 0.15) is 11.6 Å². The summed E-state index contributed by atoms with van der Waals surface area (Å²) in [4.78, 5) is 0. The van der Waals surface area contributed by atoms with Crippen molar-refractivity contribution in [3.05, 3.63) is 69.7 Å². The van der Waals surface area contributed by atoms with E-state index in [4.69, 9.17) is 23.2 Å². The minimum absolute atomic E-state index is 0.0258. The fourth-order valence-electron chi connectivity index (χ4n) is 2.06. The Morgan fingerprint density at radius 3 is 2.05 bits per heavy atom. The van der Waals surface area contributed by atoms with Crippen molar-refractivity contribution in [1.29, 1.82) is 0 Å². The minimum Gasteiger partial charge on any atom is -0.207 e. The summed E-state index contributed by atoms with van der Waals surface area (Å²) in [6.45, 7) is 6.32. The molecule has 2 aromatic rings. The lowest BCUT2D eigenvalue weighted by Crippen LogP contribution is -2.11. The Morgan fingerprint density at radius 1 is 0.952 bits per heavy atom. The lowest BCUT2D eigenvalue weighted by atomic mass is 9.86. The molecule has 1 atom stereocenters. The van der Waals surface area contributed by atoms with E-state index in [9.17, 15) is 8.78 Å². The third-order valence-corrected chi connectivity index (χ3v) is 4.16. The number of hydrogen-bond donors (Lipinski definition) is 0. The maximum atomic E-state index is 13.9. The highest BCUT2D eigenvalue weighted by atomic mass is 35.5. The van der Waals surface area contributed by atoms with Gasteiger partial charge in [0, 0.05) is 5.56 Å². The van der Waals surface area contributed by atoms with Crippen molar-refractivity contribution in [2.75, 3.05) is 0 Å². The first-order valence-corrected chi connectivity index (χ1v) is 7.40. The Morgan fingerprint density at radius 2 is 1.52 bits per heavy atom. The highest BCUT2D eigenvalue weighted by Crippen LogP contribution is 2.34. The summed E-state index contributed by atoms with van der Waals surface area (Å²) in [7, 11) is 0. The van der Waals surface area contributed by atoms with Gasteiger partial charge < -0.3 is 0 Å². The molecule has 0 saturated carbocycles. The smallest absolute Gasteiger partial charge is 0.142 e. The van der Waals surface area contributed by atoms with Gasteiger partial charge in [-0.3, -0.25) is 0 Å². The van der Waals surface area contributed by atoms with Gasteiger partial charge in [0.05, 0.1) is 10.4 Å². The molecule has 0 aliphatic carbocycles. The van der Waals surface area contributed by atoms with Gasteiger partial charge in [0.25, 0.3) is 0 Å². The first kappa shape index (κ1) is 16.3. The van der Waals surface area contributed by atoms with Crippen LogP contribution >= 0.6 is 23.2 Å². The quantitative estimate of drug-likeness (QED) is 0.452. The second-order valence-corrected chi connectivity index (χ2v) is 6.87. The van der Waals surface area contributed by atoms with E-state index in [0.29, 0.717) is 5.56 Å². The Kier molecular flexibility index (Phi) is 4.60. The van der Waals surface area contributed by atoms with E-state index in [2.05, 4.69) is 20.8 Å². The van der Waals surface area contributed by atoms with Gasteiger partial charge in [0.15, 0.2) is 0 Å². The molecule has 0 N–H and O–H groups in total. The van der Waals surface area contributed by atoms with Crippen LogP contribution < -0.4 is 0 Å². The van der Waals surface area contributed by atoms with Gasteiger partial charge >= 0.3 is 0 Å². The molecule has 0 bridgehead atoms. The van der Waals surface area contributed by atoms with Crippen LogP contribution in [0.4, 0.5) is 8.78 Å². The van der Waals surface area contributed by atoms with Crippen LogP contribution in [0.25, 0.3) is 0 Å². The summed E-state index contributed by atoms with van der Waals surface area (Å²) in [6, 6.07) is 9.58. The van der Waals surface area contributed by atoms with E-state index in [0.717, 1.165) is 17.7 Å². The summed E-state index contributed by atoms with van der Waals surface area (Å²) in [6.07, 6.45) is 0. The minimum atomic E-state index is -0.759. The van der Waals surface area contributed by atoms with Gasteiger partial charge in [0.2, 0.25) is 0 Å². The topological polar surface area (TPSA) is 0 Å². The van der Waals surface area contributed by atoms with E-state index in [1.165, 1.54) is 0 Å². The van der Waals surface area contributed by atoms with Crippen LogP contribution in [0.3, 0.4) is 0 Å². The van der Waals surface area contributed by atoms with E-state index >= 15 is 0 Å². The molecular weight excluding hydrogens is 313 g/mol. The molecule has 0 aliphatic heterocycles. The predicted molar refractivity (Wildman–Crippen MR) is 84.2 cm³/mol. The number of rotatable bonds is 2. The van der Waals surface area contributed by atoms with Gasteiger partial charge in [-0.05, 0) is 28.7 Å². The first-order chi connectivity index (χ1) is 9.70. The lowest BCUT2D eigenvalue weighted by Gasteiger charge is -2.20. The SMILES string of the molecule is CC(C)(C)c1ccc(C(Cl)c2cc(F)c(Cl)cc2F)cc1. The molecule has 0 heterocycles.